The molecule has 0 N–H and O–H groups in total. The molecular formula is C5H3ClN2O3S2. The molecule has 2 amide bonds. The zero-order valence-corrected chi connectivity index (χ0v) is 8.43. The zero-order chi connectivity index (χ0) is 9.84. The molecule has 0 saturated heterocycles. The molecule has 0 aliphatic rings. The molecule has 0 spiro atoms. The zero-order valence-electron chi connectivity index (χ0n) is 6.05. The second-order valence-electron chi connectivity index (χ2n) is 1.82. The van der Waals surface area contributed by atoms with Crippen LogP contribution in [0.1, 0.15) is 0 Å². The fourth-order valence-corrected chi connectivity index (χ4v) is 1.67. The molecule has 0 saturated carbocycles. The first-order valence-corrected chi connectivity index (χ1v) is 5.20. The number of anilines is 1. The Balaban J connectivity index is 2.86. The summed E-state index contributed by atoms with van der Waals surface area (Å²) in [7, 11) is -2.77. The van der Waals surface area contributed by atoms with E-state index in [4.69, 9.17) is 11.8 Å². The van der Waals surface area contributed by atoms with Gasteiger partial charge in [-0.1, -0.05) is 4.36 Å². The minimum Gasteiger partial charge on any atom is -0.243 e. The minimum atomic E-state index is -2.77. The summed E-state index contributed by atoms with van der Waals surface area (Å²) in [6.07, 6.45) is 0. The summed E-state index contributed by atoms with van der Waals surface area (Å²) in [4.78, 5) is 10.9. The van der Waals surface area contributed by atoms with Crippen LogP contribution in [0.5, 0.6) is 0 Å². The summed E-state index contributed by atoms with van der Waals surface area (Å²) in [5.41, 5.74) is 0. The average Bonchev–Trinajstić information content (AvgIpc) is 2.53. The van der Waals surface area contributed by atoms with Crippen molar-refractivity contribution < 1.29 is 13.2 Å². The molecule has 0 unspecified atom stereocenters. The van der Waals surface area contributed by atoms with Gasteiger partial charge in [-0.3, -0.25) is 0 Å². The lowest BCUT2D eigenvalue weighted by molar-refractivity contribution is 0.257. The molecule has 5 nitrogen and oxygen atoms in total. The highest BCUT2D eigenvalue weighted by Crippen LogP contribution is 2.23. The van der Waals surface area contributed by atoms with E-state index in [0.717, 1.165) is 0 Å². The van der Waals surface area contributed by atoms with Gasteiger partial charge in [-0.25, -0.2) is 4.79 Å². The smallest absolute Gasteiger partial charge is 0.243 e. The van der Waals surface area contributed by atoms with Crippen LogP contribution in [-0.4, -0.2) is 14.4 Å². The van der Waals surface area contributed by atoms with Crippen LogP contribution in [0.2, 0.25) is 0 Å². The van der Waals surface area contributed by atoms with Crippen molar-refractivity contribution in [2.24, 2.45) is 4.36 Å². The largest absolute Gasteiger partial charge is 0.378 e. The fraction of sp³-hybridized carbons (Fsp3) is 0. The predicted molar refractivity (Wildman–Crippen MR) is 49.4 cm³/mol. The second kappa shape index (κ2) is 4.35. The van der Waals surface area contributed by atoms with Crippen molar-refractivity contribution >= 4 is 44.6 Å². The summed E-state index contributed by atoms with van der Waals surface area (Å²) < 4.78 is 23.4. The molecule has 0 bridgehead atoms. The lowest BCUT2D eigenvalue weighted by Crippen LogP contribution is -2.14. The number of carbonyl (C=O) groups excluding carboxylic acids is 1. The van der Waals surface area contributed by atoms with Gasteiger partial charge in [0.1, 0.15) is 5.00 Å². The van der Waals surface area contributed by atoms with Crippen molar-refractivity contribution in [1.82, 2.24) is 0 Å². The number of hydrogen-bond donors (Lipinski definition) is 0. The molecule has 70 valence electrons. The third-order valence-electron chi connectivity index (χ3n) is 1.02. The Morgan fingerprint density at radius 2 is 2.31 bits per heavy atom. The molecule has 0 aliphatic heterocycles. The first-order valence-electron chi connectivity index (χ1n) is 2.96. The Labute approximate surface area is 84.4 Å². The van der Waals surface area contributed by atoms with Crippen LogP contribution in [0, 0.1) is 0 Å². The lowest BCUT2D eigenvalue weighted by Gasteiger charge is -2.04. The Bertz CT molecular complexity index is 417. The van der Waals surface area contributed by atoms with Gasteiger partial charge in [0.15, 0.2) is 0 Å². The van der Waals surface area contributed by atoms with Gasteiger partial charge in [-0.05, 0) is 17.5 Å². The number of amides is 2. The summed E-state index contributed by atoms with van der Waals surface area (Å²) in [6.45, 7) is 0. The van der Waals surface area contributed by atoms with Crippen molar-refractivity contribution in [3.05, 3.63) is 17.5 Å². The van der Waals surface area contributed by atoms with Gasteiger partial charge in [0.05, 0.1) is 0 Å². The van der Waals surface area contributed by atoms with E-state index in [1.165, 1.54) is 11.3 Å². The molecule has 0 atom stereocenters. The van der Waals surface area contributed by atoms with Crippen molar-refractivity contribution in [1.29, 1.82) is 0 Å². The summed E-state index contributed by atoms with van der Waals surface area (Å²) in [5.74, 6) is 0. The maximum Gasteiger partial charge on any atom is 0.378 e. The van der Waals surface area contributed by atoms with Crippen LogP contribution in [-0.2, 0) is 10.5 Å². The van der Waals surface area contributed by atoms with Crippen LogP contribution in [0.15, 0.2) is 21.9 Å². The number of carbonyl (C=O) groups is 1. The van der Waals surface area contributed by atoms with Crippen molar-refractivity contribution in [2.45, 2.75) is 0 Å². The van der Waals surface area contributed by atoms with Gasteiger partial charge in [-0.15, -0.1) is 11.3 Å². The van der Waals surface area contributed by atoms with E-state index in [1.807, 2.05) is 0 Å². The normalized spacial score (nSPS) is 9.31. The molecule has 1 aromatic heterocycles. The van der Waals surface area contributed by atoms with E-state index in [9.17, 15) is 13.2 Å². The average molecular weight is 239 g/mol. The molecule has 0 aliphatic carbocycles. The maximum atomic E-state index is 10.9. The standard InChI is InChI=1S/C5H3ClN2O3S2/c6-8(4-2-1-3-12-4)5(9)7-13(10)11/h1-3H. The summed E-state index contributed by atoms with van der Waals surface area (Å²) >= 11 is 6.67. The maximum absolute atomic E-state index is 10.9. The van der Waals surface area contributed by atoms with Crippen LogP contribution < -0.4 is 4.42 Å². The molecule has 1 aromatic rings. The molecule has 0 radical (unpaired) electrons. The molecule has 1 heterocycles. The van der Waals surface area contributed by atoms with Gasteiger partial charge >= 0.3 is 16.5 Å². The molecule has 8 heteroatoms. The molecule has 0 aromatic carbocycles. The number of hydrogen-bond acceptors (Lipinski definition) is 4. The Morgan fingerprint density at radius 1 is 1.62 bits per heavy atom. The lowest BCUT2D eigenvalue weighted by atomic mass is 10.6. The highest BCUT2D eigenvalue weighted by atomic mass is 35.5. The third-order valence-corrected chi connectivity index (χ3v) is 2.61. The number of halogens is 1. The Morgan fingerprint density at radius 3 is 2.77 bits per heavy atom. The van der Waals surface area contributed by atoms with Crippen LogP contribution >= 0.6 is 23.1 Å². The molecular weight excluding hydrogens is 236 g/mol. The van der Waals surface area contributed by atoms with E-state index in [0.29, 0.717) is 9.42 Å². The fourth-order valence-electron chi connectivity index (χ4n) is 0.575. The number of rotatable bonds is 1. The van der Waals surface area contributed by atoms with Crippen LogP contribution in [0.25, 0.3) is 0 Å². The Kier molecular flexibility index (Phi) is 3.40. The third kappa shape index (κ3) is 2.79. The number of urea groups is 1. The SMILES string of the molecule is O=C(N=S(=O)=O)N(Cl)c1cccs1. The van der Waals surface area contributed by atoms with E-state index in [-0.39, 0.29) is 0 Å². The van der Waals surface area contributed by atoms with Gasteiger partial charge in [0.25, 0.3) is 0 Å². The van der Waals surface area contributed by atoms with Crippen LogP contribution in [0.3, 0.4) is 0 Å². The predicted octanol–water partition coefficient (Wildman–Crippen LogP) is 1.89. The van der Waals surface area contributed by atoms with E-state index < -0.39 is 16.5 Å². The van der Waals surface area contributed by atoms with Gasteiger partial charge in [0, 0.05) is 11.8 Å². The van der Waals surface area contributed by atoms with E-state index in [2.05, 4.69) is 4.36 Å². The van der Waals surface area contributed by atoms with Gasteiger partial charge in [0.2, 0.25) is 0 Å². The highest BCUT2D eigenvalue weighted by molar-refractivity contribution is 7.62. The monoisotopic (exact) mass is 238 g/mol. The first-order chi connectivity index (χ1) is 6.11. The van der Waals surface area contributed by atoms with Gasteiger partial charge < -0.3 is 0 Å². The highest BCUT2D eigenvalue weighted by Gasteiger charge is 2.13. The summed E-state index contributed by atoms with van der Waals surface area (Å²) in [6, 6.07) is 2.22. The number of thiophene rings is 1. The van der Waals surface area contributed by atoms with E-state index >= 15 is 0 Å². The first kappa shape index (κ1) is 10.2. The number of nitrogens with zero attached hydrogens (tertiary/aromatic N) is 2. The molecule has 0 fully saturated rings. The van der Waals surface area contributed by atoms with E-state index in [1.54, 1.807) is 17.5 Å². The summed E-state index contributed by atoms with van der Waals surface area (Å²) in [5, 5.41) is 2.12. The quantitative estimate of drug-likeness (QED) is 0.702. The van der Waals surface area contributed by atoms with Crippen LogP contribution in [0.4, 0.5) is 9.80 Å². The van der Waals surface area contributed by atoms with Crippen molar-refractivity contribution in [2.75, 3.05) is 4.42 Å². The van der Waals surface area contributed by atoms with Crippen molar-refractivity contribution in [3.8, 4) is 0 Å². The topological polar surface area (TPSA) is 66.8 Å². The minimum absolute atomic E-state index is 0.417. The Hall–Kier alpha value is -0.920. The molecule has 13 heavy (non-hydrogen) atoms. The molecule has 1 rings (SSSR count). The van der Waals surface area contributed by atoms with Crippen molar-refractivity contribution in [3.63, 3.8) is 0 Å². The van der Waals surface area contributed by atoms with Gasteiger partial charge in [-0.2, -0.15) is 12.8 Å². The second-order valence-corrected chi connectivity index (χ2v) is 3.70.